The summed E-state index contributed by atoms with van der Waals surface area (Å²) in [7, 11) is 2.18. The first kappa shape index (κ1) is 16.7. The molecule has 0 spiro atoms. The average molecular weight is 347 g/mol. The van der Waals surface area contributed by atoms with E-state index in [0.29, 0.717) is 0 Å². The first-order valence-electron chi connectivity index (χ1n) is 8.17. The summed E-state index contributed by atoms with van der Waals surface area (Å²) in [6.45, 7) is 3.22. The monoisotopic (exact) mass is 346 g/mol. The lowest BCUT2D eigenvalue weighted by Gasteiger charge is -2.33. The van der Waals surface area contributed by atoms with E-state index in [-0.39, 0.29) is 0 Å². The predicted molar refractivity (Wildman–Crippen MR) is 101 cm³/mol. The van der Waals surface area contributed by atoms with Crippen molar-refractivity contribution >= 4 is 34.7 Å². The zero-order valence-corrected chi connectivity index (χ0v) is 15.1. The molecule has 0 saturated heterocycles. The molecule has 0 amide bonds. The van der Waals surface area contributed by atoms with E-state index in [2.05, 4.69) is 65.4 Å². The lowest BCUT2D eigenvalue weighted by Crippen LogP contribution is -2.27. The molecule has 1 aliphatic rings. The van der Waals surface area contributed by atoms with Gasteiger partial charge in [0.2, 0.25) is 0 Å². The van der Waals surface area contributed by atoms with Crippen molar-refractivity contribution in [2.75, 3.05) is 37.5 Å². The third-order valence-corrected chi connectivity index (χ3v) is 5.52. The molecule has 122 valence electrons. The zero-order chi connectivity index (χ0) is 16.1. The van der Waals surface area contributed by atoms with E-state index in [1.165, 1.54) is 21.2 Å². The fourth-order valence-corrected chi connectivity index (χ4v) is 4.18. The molecule has 0 unspecified atom stereocenters. The zero-order valence-electron chi connectivity index (χ0n) is 13.5. The summed E-state index contributed by atoms with van der Waals surface area (Å²) >= 11 is 7.65. The van der Waals surface area contributed by atoms with Crippen LogP contribution in [0.5, 0.6) is 0 Å². The Morgan fingerprint density at radius 3 is 2.09 bits per heavy atom. The van der Waals surface area contributed by atoms with Crippen LogP contribution in [0.1, 0.15) is 12.8 Å². The molecule has 0 saturated carbocycles. The third kappa shape index (κ3) is 4.03. The van der Waals surface area contributed by atoms with E-state index < -0.39 is 0 Å². The van der Waals surface area contributed by atoms with Crippen LogP contribution in [-0.4, -0.2) is 37.5 Å². The molecule has 2 nitrogen and oxygen atoms in total. The van der Waals surface area contributed by atoms with Crippen molar-refractivity contribution in [3.63, 3.8) is 0 Å². The summed E-state index contributed by atoms with van der Waals surface area (Å²) in [6.07, 6.45) is 2.20. The van der Waals surface area contributed by atoms with E-state index in [0.717, 1.165) is 38.4 Å². The minimum atomic E-state index is 0.744. The molecule has 0 N–H and O–H groups in total. The number of hydrogen-bond donors (Lipinski definition) is 0. The Balaban J connectivity index is 1.71. The van der Waals surface area contributed by atoms with Crippen LogP contribution in [0.2, 0.25) is 0 Å². The smallest absolute Gasteiger partial charge is 0.0552 e. The van der Waals surface area contributed by atoms with Crippen LogP contribution in [0, 0.1) is 0 Å². The summed E-state index contributed by atoms with van der Waals surface area (Å²) in [4.78, 5) is 7.54. The van der Waals surface area contributed by atoms with Gasteiger partial charge in [-0.1, -0.05) is 36.0 Å². The molecule has 3 rings (SSSR count). The first-order chi connectivity index (χ1) is 11.3. The van der Waals surface area contributed by atoms with Crippen molar-refractivity contribution in [2.24, 2.45) is 0 Å². The fraction of sp³-hybridized carbons (Fsp3) is 0.368. The predicted octanol–water partition coefficient (Wildman–Crippen LogP) is 5.24. The van der Waals surface area contributed by atoms with Crippen molar-refractivity contribution < 1.29 is 0 Å². The van der Waals surface area contributed by atoms with Gasteiger partial charge in [-0.05, 0) is 57.2 Å². The van der Waals surface area contributed by atoms with E-state index in [1.54, 1.807) is 0 Å². The average Bonchev–Trinajstić information content (AvgIpc) is 2.59. The van der Waals surface area contributed by atoms with Gasteiger partial charge in [0.05, 0.1) is 11.4 Å². The number of nitrogens with zero attached hydrogens (tertiary/aromatic N) is 2. The van der Waals surface area contributed by atoms with Gasteiger partial charge in [0.15, 0.2) is 0 Å². The maximum atomic E-state index is 5.78. The van der Waals surface area contributed by atoms with Gasteiger partial charge in [0.25, 0.3) is 0 Å². The van der Waals surface area contributed by atoms with Crippen molar-refractivity contribution in [2.45, 2.75) is 22.6 Å². The second-order valence-electron chi connectivity index (χ2n) is 5.89. The molecule has 1 aliphatic heterocycles. The maximum absolute atomic E-state index is 5.78. The molecule has 0 atom stereocenters. The Kier molecular flexibility index (Phi) is 5.87. The van der Waals surface area contributed by atoms with Gasteiger partial charge in [-0.25, -0.2) is 0 Å². The van der Waals surface area contributed by atoms with E-state index in [1.807, 2.05) is 11.8 Å². The Labute approximate surface area is 148 Å². The number of halogens is 1. The number of hydrogen-bond acceptors (Lipinski definition) is 3. The maximum Gasteiger partial charge on any atom is 0.0552 e. The minimum Gasteiger partial charge on any atom is -0.340 e. The van der Waals surface area contributed by atoms with Crippen LogP contribution in [0.3, 0.4) is 0 Å². The highest BCUT2D eigenvalue weighted by Gasteiger charge is 2.22. The van der Waals surface area contributed by atoms with Gasteiger partial charge in [-0.3, -0.25) is 0 Å². The molecule has 4 heteroatoms. The minimum absolute atomic E-state index is 0.744. The van der Waals surface area contributed by atoms with Gasteiger partial charge >= 0.3 is 0 Å². The van der Waals surface area contributed by atoms with Crippen LogP contribution < -0.4 is 4.90 Å². The number of para-hydroxylation sites is 2. The van der Waals surface area contributed by atoms with Crippen LogP contribution in [-0.2, 0) is 0 Å². The Hall–Kier alpha value is -1.16. The standard InChI is InChI=1S/C19H23ClN2S/c1-21(13-6-12-20)14-7-15-22-16-8-2-4-10-18(16)23-19-11-5-3-9-17(19)22/h2-5,8-11H,6-7,12-15H2,1H3. The molecule has 0 bridgehead atoms. The van der Waals surface area contributed by atoms with Crippen molar-refractivity contribution in [1.82, 2.24) is 4.90 Å². The van der Waals surface area contributed by atoms with Crippen molar-refractivity contribution in [3.05, 3.63) is 48.5 Å². The molecule has 0 aromatic heterocycles. The summed E-state index contributed by atoms with van der Waals surface area (Å²) in [5, 5.41) is 0. The second-order valence-corrected chi connectivity index (χ2v) is 7.35. The van der Waals surface area contributed by atoms with E-state index in [9.17, 15) is 0 Å². The summed E-state index contributed by atoms with van der Waals surface area (Å²) in [5.74, 6) is 0.744. The van der Waals surface area contributed by atoms with Crippen molar-refractivity contribution in [1.29, 1.82) is 0 Å². The SMILES string of the molecule is CN(CCCCl)CCCN1c2ccccc2Sc2ccccc21. The highest BCUT2D eigenvalue weighted by atomic mass is 35.5. The highest BCUT2D eigenvalue weighted by Crippen LogP contribution is 2.47. The van der Waals surface area contributed by atoms with Crippen molar-refractivity contribution in [3.8, 4) is 0 Å². The highest BCUT2D eigenvalue weighted by molar-refractivity contribution is 7.99. The first-order valence-corrected chi connectivity index (χ1v) is 9.52. The Morgan fingerprint density at radius 1 is 0.913 bits per heavy atom. The number of benzene rings is 2. The summed E-state index contributed by atoms with van der Waals surface area (Å²) in [5.41, 5.74) is 2.67. The van der Waals surface area contributed by atoms with E-state index >= 15 is 0 Å². The van der Waals surface area contributed by atoms with Gasteiger partial charge in [-0.15, -0.1) is 11.6 Å². The quantitative estimate of drug-likeness (QED) is 0.633. The van der Waals surface area contributed by atoms with Gasteiger partial charge in [0, 0.05) is 22.2 Å². The van der Waals surface area contributed by atoms with Crippen LogP contribution >= 0.6 is 23.4 Å². The van der Waals surface area contributed by atoms with E-state index in [4.69, 9.17) is 11.6 Å². The lowest BCUT2D eigenvalue weighted by molar-refractivity contribution is 0.332. The number of anilines is 2. The molecular weight excluding hydrogens is 324 g/mol. The molecule has 2 aromatic rings. The fourth-order valence-electron chi connectivity index (χ4n) is 2.96. The number of rotatable bonds is 7. The van der Waals surface area contributed by atoms with Gasteiger partial charge in [0.1, 0.15) is 0 Å². The largest absolute Gasteiger partial charge is 0.340 e. The molecule has 23 heavy (non-hydrogen) atoms. The van der Waals surface area contributed by atoms with Crippen LogP contribution in [0.25, 0.3) is 0 Å². The normalized spacial score (nSPS) is 13.1. The Morgan fingerprint density at radius 2 is 1.48 bits per heavy atom. The molecule has 0 fully saturated rings. The topological polar surface area (TPSA) is 6.48 Å². The molecule has 0 aliphatic carbocycles. The third-order valence-electron chi connectivity index (χ3n) is 4.13. The van der Waals surface area contributed by atoms with Crippen LogP contribution in [0.15, 0.2) is 58.3 Å². The van der Waals surface area contributed by atoms with Gasteiger partial charge < -0.3 is 9.80 Å². The van der Waals surface area contributed by atoms with Gasteiger partial charge in [-0.2, -0.15) is 0 Å². The molecule has 2 aromatic carbocycles. The number of fused-ring (bicyclic) bond motifs is 2. The molecule has 1 heterocycles. The molecule has 0 radical (unpaired) electrons. The molecular formula is C19H23ClN2S. The Bertz CT molecular complexity index is 601. The second kappa shape index (κ2) is 8.09. The summed E-state index contributed by atoms with van der Waals surface area (Å²) in [6, 6.07) is 17.4. The lowest BCUT2D eigenvalue weighted by atomic mass is 10.2. The number of alkyl halides is 1. The van der Waals surface area contributed by atoms with Crippen LogP contribution in [0.4, 0.5) is 11.4 Å². The summed E-state index contributed by atoms with van der Waals surface area (Å²) < 4.78 is 0.